The van der Waals surface area contributed by atoms with E-state index in [4.69, 9.17) is 0 Å². The fourth-order valence-electron chi connectivity index (χ4n) is 4.79. The molecule has 0 bridgehead atoms. The SMILES string of the molecule is O=C(Nc1ccc(C(=O)N2CCCC(C(=O)NC3CCCCC3)C2)c(O)c1)c1cc(F)cc(F)c1. The molecular formula is C26H29F2N3O4. The fourth-order valence-corrected chi connectivity index (χ4v) is 4.79. The van der Waals surface area contributed by atoms with Gasteiger partial charge in [-0.25, -0.2) is 8.78 Å². The molecule has 2 aromatic carbocycles. The van der Waals surface area contributed by atoms with Gasteiger partial charge in [-0.2, -0.15) is 0 Å². The molecule has 7 nitrogen and oxygen atoms in total. The Balaban J connectivity index is 1.39. The molecule has 35 heavy (non-hydrogen) atoms. The lowest BCUT2D eigenvalue weighted by Gasteiger charge is -2.33. The number of aromatic hydroxyl groups is 1. The van der Waals surface area contributed by atoms with Crippen LogP contribution in [0.3, 0.4) is 0 Å². The van der Waals surface area contributed by atoms with Gasteiger partial charge in [0.05, 0.1) is 11.5 Å². The Morgan fingerprint density at radius 2 is 1.63 bits per heavy atom. The molecule has 9 heteroatoms. The van der Waals surface area contributed by atoms with Crippen molar-refractivity contribution in [3.05, 3.63) is 59.2 Å². The standard InChI is InChI=1S/C26H29F2N3O4/c27-18-11-17(12-19(28)13-18)25(34)30-21-8-9-22(23(32)14-21)26(35)31-10-4-5-16(15-31)24(33)29-20-6-2-1-3-7-20/h8-9,11-14,16,20,32H,1-7,10,15H2,(H,29,33)(H,30,34). The molecule has 1 saturated heterocycles. The van der Waals surface area contributed by atoms with Crippen molar-refractivity contribution >= 4 is 23.4 Å². The first kappa shape index (κ1) is 24.6. The number of nitrogens with one attached hydrogen (secondary N) is 2. The van der Waals surface area contributed by atoms with Crippen LogP contribution in [0.15, 0.2) is 36.4 Å². The Morgan fingerprint density at radius 1 is 0.914 bits per heavy atom. The number of carbonyl (C=O) groups excluding carboxylic acids is 3. The van der Waals surface area contributed by atoms with Crippen molar-refractivity contribution < 1.29 is 28.3 Å². The summed E-state index contributed by atoms with van der Waals surface area (Å²) in [6.45, 7) is 0.759. The maximum absolute atomic E-state index is 13.4. The molecule has 2 aliphatic rings. The molecule has 1 saturated carbocycles. The first-order chi connectivity index (χ1) is 16.8. The van der Waals surface area contributed by atoms with Gasteiger partial charge in [0.15, 0.2) is 0 Å². The summed E-state index contributed by atoms with van der Waals surface area (Å²) in [6.07, 6.45) is 6.82. The number of hydrogen-bond acceptors (Lipinski definition) is 4. The molecule has 3 amide bonds. The Kier molecular flexibility index (Phi) is 7.63. The van der Waals surface area contributed by atoms with Crippen molar-refractivity contribution in [2.45, 2.75) is 51.0 Å². The zero-order valence-corrected chi connectivity index (χ0v) is 19.4. The van der Waals surface area contributed by atoms with Gasteiger partial charge in [-0.15, -0.1) is 0 Å². The van der Waals surface area contributed by atoms with Crippen LogP contribution in [0.4, 0.5) is 14.5 Å². The summed E-state index contributed by atoms with van der Waals surface area (Å²) >= 11 is 0. The number of benzene rings is 2. The first-order valence-electron chi connectivity index (χ1n) is 12.0. The summed E-state index contributed by atoms with van der Waals surface area (Å²) in [7, 11) is 0. The third-order valence-electron chi connectivity index (χ3n) is 6.64. The van der Waals surface area contributed by atoms with Gasteiger partial charge in [-0.05, 0) is 49.9 Å². The molecule has 0 radical (unpaired) electrons. The van der Waals surface area contributed by atoms with E-state index in [-0.39, 0.29) is 47.0 Å². The minimum absolute atomic E-state index is 0.0227. The van der Waals surface area contributed by atoms with Gasteiger partial charge in [0.2, 0.25) is 5.91 Å². The maximum Gasteiger partial charge on any atom is 0.257 e. The molecule has 1 atom stereocenters. The second-order valence-electron chi connectivity index (χ2n) is 9.28. The van der Waals surface area contributed by atoms with E-state index in [1.54, 1.807) is 4.90 Å². The summed E-state index contributed by atoms with van der Waals surface area (Å²) in [6, 6.07) is 6.67. The average Bonchev–Trinajstić information content (AvgIpc) is 2.84. The van der Waals surface area contributed by atoms with E-state index in [0.717, 1.165) is 37.8 Å². The highest BCUT2D eigenvalue weighted by molar-refractivity contribution is 6.05. The summed E-state index contributed by atoms with van der Waals surface area (Å²) in [5.41, 5.74) is -0.00163. The molecule has 2 aromatic rings. The maximum atomic E-state index is 13.4. The summed E-state index contributed by atoms with van der Waals surface area (Å²) < 4.78 is 26.8. The van der Waals surface area contributed by atoms with Gasteiger partial charge in [0, 0.05) is 42.5 Å². The molecule has 1 aliphatic heterocycles. The molecule has 1 aliphatic carbocycles. The number of piperidine rings is 1. The molecule has 1 unspecified atom stereocenters. The number of halogens is 2. The van der Waals surface area contributed by atoms with Crippen LogP contribution in [-0.4, -0.2) is 46.9 Å². The second kappa shape index (κ2) is 10.8. The van der Waals surface area contributed by atoms with Crippen LogP contribution in [0.1, 0.15) is 65.7 Å². The van der Waals surface area contributed by atoms with Crippen molar-refractivity contribution in [2.24, 2.45) is 5.92 Å². The molecular weight excluding hydrogens is 456 g/mol. The monoisotopic (exact) mass is 485 g/mol. The third kappa shape index (κ3) is 6.15. The molecule has 4 rings (SSSR count). The van der Waals surface area contributed by atoms with Crippen LogP contribution in [0, 0.1) is 17.6 Å². The van der Waals surface area contributed by atoms with E-state index >= 15 is 0 Å². The first-order valence-corrected chi connectivity index (χ1v) is 12.0. The van der Waals surface area contributed by atoms with Crippen molar-refractivity contribution in [3.63, 3.8) is 0 Å². The highest BCUT2D eigenvalue weighted by atomic mass is 19.1. The Bertz CT molecular complexity index is 1100. The van der Waals surface area contributed by atoms with Gasteiger partial charge in [-0.3, -0.25) is 14.4 Å². The topological polar surface area (TPSA) is 98.7 Å². The number of carbonyl (C=O) groups is 3. The van der Waals surface area contributed by atoms with Gasteiger partial charge < -0.3 is 20.6 Å². The number of nitrogens with zero attached hydrogens (tertiary/aromatic N) is 1. The zero-order valence-electron chi connectivity index (χ0n) is 19.4. The van der Waals surface area contributed by atoms with Crippen molar-refractivity contribution in [2.75, 3.05) is 18.4 Å². The van der Waals surface area contributed by atoms with E-state index < -0.39 is 23.4 Å². The smallest absolute Gasteiger partial charge is 0.257 e. The predicted octanol–water partition coefficient (Wildman–Crippen LogP) is 4.22. The Hall–Kier alpha value is -3.49. The quantitative estimate of drug-likeness (QED) is 0.591. The number of phenolic OH excluding ortho intramolecular Hbond substituents is 1. The van der Waals surface area contributed by atoms with E-state index in [9.17, 15) is 28.3 Å². The summed E-state index contributed by atoms with van der Waals surface area (Å²) in [5.74, 6) is -3.58. The normalized spacial score (nSPS) is 18.7. The van der Waals surface area contributed by atoms with E-state index in [0.29, 0.717) is 25.5 Å². The highest BCUT2D eigenvalue weighted by Crippen LogP contribution is 2.27. The van der Waals surface area contributed by atoms with Gasteiger partial charge >= 0.3 is 0 Å². The number of amides is 3. The average molecular weight is 486 g/mol. The van der Waals surface area contributed by atoms with Crippen molar-refractivity contribution in [1.82, 2.24) is 10.2 Å². The van der Waals surface area contributed by atoms with Crippen LogP contribution in [0.2, 0.25) is 0 Å². The molecule has 186 valence electrons. The summed E-state index contributed by atoms with van der Waals surface area (Å²) in [4.78, 5) is 39.7. The lowest BCUT2D eigenvalue weighted by molar-refractivity contribution is -0.127. The van der Waals surface area contributed by atoms with E-state index in [1.165, 1.54) is 24.6 Å². The van der Waals surface area contributed by atoms with E-state index in [1.807, 2.05) is 0 Å². The molecule has 0 aromatic heterocycles. The number of anilines is 1. The van der Waals surface area contributed by atoms with Gasteiger partial charge in [-0.1, -0.05) is 19.3 Å². The Morgan fingerprint density at radius 3 is 2.31 bits per heavy atom. The second-order valence-corrected chi connectivity index (χ2v) is 9.28. The fraction of sp³-hybridized carbons (Fsp3) is 0.423. The number of likely N-dealkylation sites (tertiary alicyclic amines) is 1. The van der Waals surface area contributed by atoms with Gasteiger partial charge in [0.25, 0.3) is 11.8 Å². The Labute approximate surface area is 202 Å². The number of phenols is 1. The lowest BCUT2D eigenvalue weighted by Crippen LogP contribution is -2.47. The summed E-state index contributed by atoms with van der Waals surface area (Å²) in [5, 5.41) is 16.0. The minimum atomic E-state index is -0.883. The number of rotatable bonds is 5. The number of hydrogen-bond donors (Lipinski definition) is 3. The minimum Gasteiger partial charge on any atom is -0.507 e. The predicted molar refractivity (Wildman–Crippen MR) is 126 cm³/mol. The molecule has 1 heterocycles. The molecule has 0 spiro atoms. The largest absolute Gasteiger partial charge is 0.507 e. The van der Waals surface area contributed by atoms with Crippen LogP contribution >= 0.6 is 0 Å². The zero-order chi connectivity index (χ0) is 24.9. The van der Waals surface area contributed by atoms with Crippen LogP contribution in [0.25, 0.3) is 0 Å². The van der Waals surface area contributed by atoms with Crippen LogP contribution in [-0.2, 0) is 4.79 Å². The molecule has 3 N–H and O–H groups in total. The highest BCUT2D eigenvalue weighted by Gasteiger charge is 2.31. The molecule has 2 fully saturated rings. The van der Waals surface area contributed by atoms with Crippen LogP contribution in [0.5, 0.6) is 5.75 Å². The third-order valence-corrected chi connectivity index (χ3v) is 6.64. The lowest BCUT2D eigenvalue weighted by atomic mass is 9.92. The van der Waals surface area contributed by atoms with Crippen molar-refractivity contribution in [1.29, 1.82) is 0 Å². The van der Waals surface area contributed by atoms with E-state index in [2.05, 4.69) is 10.6 Å². The van der Waals surface area contributed by atoms with Gasteiger partial charge in [0.1, 0.15) is 17.4 Å². The van der Waals surface area contributed by atoms with Crippen molar-refractivity contribution in [3.8, 4) is 5.75 Å². The van der Waals surface area contributed by atoms with Crippen LogP contribution < -0.4 is 10.6 Å².